The first-order valence-electron chi connectivity index (χ1n) is 9.65. The third-order valence-corrected chi connectivity index (χ3v) is 6.27. The van der Waals surface area contributed by atoms with Crippen LogP contribution >= 0.6 is 39.1 Å². The summed E-state index contributed by atoms with van der Waals surface area (Å²) in [4.78, 5) is 0. The molecule has 4 aromatic carbocycles. The molecule has 6 aromatic rings. The zero-order valence-corrected chi connectivity index (χ0v) is 28.8. The first-order valence-corrected chi connectivity index (χ1v) is 11.2. The van der Waals surface area contributed by atoms with E-state index < -0.39 is 7.12 Å². The molecule has 0 aliphatic heterocycles. The van der Waals surface area contributed by atoms with Crippen LogP contribution in [0.5, 0.6) is 0 Å². The molecule has 4 nitrogen and oxygen atoms in total. The standard InChI is InChI=1S/C12H8BClO3.C12H6BrClO.2U/c14-7-4-5-11-9(6-7)8-2-1-3-10(13(15)16)12(8)17-11;13-10-3-1-2-8-9-6-7(14)4-5-11(9)15-12(8)10;;/h1-6,15-16H;1-6H;;. The quantitative estimate of drug-likeness (QED) is 0.176. The molecule has 0 radical (unpaired) electrons. The second-order valence-electron chi connectivity index (χ2n) is 7.20. The molecule has 0 saturated heterocycles. The minimum atomic E-state index is -1.55. The summed E-state index contributed by atoms with van der Waals surface area (Å²) >= 11 is 15.4. The Hall–Kier alpha value is -0.371. The molecular weight excluding hydrogens is 990 g/mol. The van der Waals surface area contributed by atoms with Crippen molar-refractivity contribution in [2.45, 2.75) is 0 Å². The Bertz CT molecular complexity index is 1620. The summed E-state index contributed by atoms with van der Waals surface area (Å²) in [5, 5.41) is 23.7. The summed E-state index contributed by atoms with van der Waals surface area (Å²) in [6, 6.07) is 22.2. The van der Waals surface area contributed by atoms with Gasteiger partial charge in [0.1, 0.15) is 22.3 Å². The van der Waals surface area contributed by atoms with E-state index in [1.54, 1.807) is 30.3 Å². The van der Waals surface area contributed by atoms with Gasteiger partial charge >= 0.3 is 7.12 Å². The molecule has 166 valence electrons. The fourth-order valence-electron chi connectivity index (χ4n) is 3.73. The first-order chi connectivity index (χ1) is 15.4. The molecule has 0 fully saturated rings. The molecule has 0 amide bonds. The summed E-state index contributed by atoms with van der Waals surface area (Å²) in [5.74, 6) is 0. The van der Waals surface area contributed by atoms with Crippen molar-refractivity contribution in [1.82, 2.24) is 0 Å². The van der Waals surface area contributed by atoms with Crippen LogP contribution in [-0.2, 0) is 0 Å². The average molecular weight is 1000 g/mol. The third-order valence-electron chi connectivity index (χ3n) is 5.18. The smallest absolute Gasteiger partial charge is 0.456 e. The van der Waals surface area contributed by atoms with Gasteiger partial charge in [-0.05, 0) is 58.4 Å². The maximum absolute atomic E-state index is 9.27. The molecule has 0 saturated carbocycles. The van der Waals surface area contributed by atoms with E-state index in [4.69, 9.17) is 32.0 Å². The number of para-hydroxylation sites is 2. The van der Waals surface area contributed by atoms with E-state index in [0.717, 1.165) is 42.2 Å². The van der Waals surface area contributed by atoms with Crippen LogP contribution in [0, 0.1) is 62.2 Å². The number of hydrogen-bond donors (Lipinski definition) is 2. The van der Waals surface area contributed by atoms with Crippen LogP contribution < -0.4 is 5.46 Å². The molecule has 0 bridgehead atoms. The number of fused-ring (bicyclic) bond motifs is 6. The maximum Gasteiger partial charge on any atom is 0.492 e. The van der Waals surface area contributed by atoms with Crippen LogP contribution in [0.3, 0.4) is 0 Å². The van der Waals surface area contributed by atoms with E-state index in [0.29, 0.717) is 21.7 Å². The van der Waals surface area contributed by atoms with Gasteiger partial charge < -0.3 is 18.9 Å². The van der Waals surface area contributed by atoms with Crippen LogP contribution in [0.25, 0.3) is 43.9 Å². The van der Waals surface area contributed by atoms with Crippen LogP contribution in [-0.4, -0.2) is 17.2 Å². The normalized spacial score (nSPS) is 10.6. The van der Waals surface area contributed by atoms with Crippen LogP contribution in [0.4, 0.5) is 0 Å². The van der Waals surface area contributed by atoms with E-state index in [9.17, 15) is 10.0 Å². The molecule has 0 atom stereocenters. The number of hydrogen-bond acceptors (Lipinski definition) is 4. The summed E-state index contributed by atoms with van der Waals surface area (Å²) < 4.78 is 12.3. The van der Waals surface area contributed by atoms with Crippen molar-refractivity contribution in [3.63, 3.8) is 0 Å². The zero-order chi connectivity index (χ0) is 22.4. The summed E-state index contributed by atoms with van der Waals surface area (Å²) in [6.45, 7) is 0. The number of halogens is 3. The second kappa shape index (κ2) is 11.8. The number of rotatable bonds is 1. The maximum atomic E-state index is 9.27. The van der Waals surface area contributed by atoms with E-state index in [-0.39, 0.29) is 62.2 Å². The predicted molar refractivity (Wildman–Crippen MR) is 135 cm³/mol. The van der Waals surface area contributed by atoms with Crippen LogP contribution in [0.2, 0.25) is 10.0 Å². The zero-order valence-electron chi connectivity index (χ0n) is 17.4. The van der Waals surface area contributed by atoms with E-state index in [1.807, 2.05) is 42.5 Å². The van der Waals surface area contributed by atoms with Crippen LogP contribution in [0.1, 0.15) is 0 Å². The Labute approximate surface area is 261 Å². The fourth-order valence-corrected chi connectivity index (χ4v) is 4.52. The monoisotopic (exact) mass is 1000 g/mol. The molecule has 2 heterocycles. The number of benzene rings is 4. The Morgan fingerprint density at radius 2 is 1.15 bits per heavy atom. The van der Waals surface area contributed by atoms with Crippen molar-refractivity contribution < 1.29 is 81.1 Å². The van der Waals surface area contributed by atoms with Gasteiger partial charge in [0.15, 0.2) is 0 Å². The SMILES string of the molecule is Clc1ccc2oc3c(Br)cccc3c2c1.OB(O)c1cccc2c1oc1ccc(Cl)cc12.[U].[U]. The first kappa shape index (κ1) is 28.2. The Balaban J connectivity index is 0.000000181. The van der Waals surface area contributed by atoms with Gasteiger partial charge in [-0.25, -0.2) is 0 Å². The van der Waals surface area contributed by atoms with Gasteiger partial charge in [0, 0.05) is 99.3 Å². The molecule has 2 N–H and O–H groups in total. The van der Waals surface area contributed by atoms with Crippen molar-refractivity contribution in [2.75, 3.05) is 0 Å². The van der Waals surface area contributed by atoms with E-state index in [2.05, 4.69) is 15.9 Å². The van der Waals surface area contributed by atoms with Gasteiger partial charge in [-0.1, -0.05) is 53.5 Å². The van der Waals surface area contributed by atoms with Gasteiger partial charge in [-0.2, -0.15) is 0 Å². The summed E-state index contributed by atoms with van der Waals surface area (Å²) in [6.07, 6.45) is 0. The summed E-state index contributed by atoms with van der Waals surface area (Å²) in [7, 11) is -1.55. The Morgan fingerprint density at radius 1 is 0.647 bits per heavy atom. The number of furan rings is 2. The van der Waals surface area contributed by atoms with Crippen molar-refractivity contribution in [3.8, 4) is 0 Å². The van der Waals surface area contributed by atoms with E-state index >= 15 is 0 Å². The Kier molecular flexibility index (Phi) is 9.78. The van der Waals surface area contributed by atoms with E-state index in [1.165, 1.54) is 0 Å². The average Bonchev–Trinajstić information content (AvgIpc) is 3.33. The van der Waals surface area contributed by atoms with Gasteiger partial charge in [0.2, 0.25) is 0 Å². The molecule has 10 heteroatoms. The predicted octanol–water partition coefficient (Wildman–Crippen LogP) is 6.92. The van der Waals surface area contributed by atoms with Crippen molar-refractivity contribution in [2.24, 2.45) is 0 Å². The fraction of sp³-hybridized carbons (Fsp3) is 0. The largest absolute Gasteiger partial charge is 0.492 e. The minimum Gasteiger partial charge on any atom is -0.456 e. The molecular formula is C24H14BBrCl2O4U2. The minimum absolute atomic E-state index is 0. The third kappa shape index (κ3) is 5.47. The van der Waals surface area contributed by atoms with Crippen molar-refractivity contribution in [1.29, 1.82) is 0 Å². The molecule has 0 aliphatic rings. The molecule has 2 aromatic heterocycles. The second-order valence-corrected chi connectivity index (χ2v) is 8.93. The van der Waals surface area contributed by atoms with Crippen molar-refractivity contribution >= 4 is 95.6 Å². The molecule has 0 unspecified atom stereocenters. The molecule has 6 rings (SSSR count). The van der Waals surface area contributed by atoms with Gasteiger partial charge in [0.25, 0.3) is 0 Å². The van der Waals surface area contributed by atoms with Gasteiger partial charge in [-0.15, -0.1) is 0 Å². The summed E-state index contributed by atoms with van der Waals surface area (Å²) in [5.41, 5.74) is 3.25. The Morgan fingerprint density at radius 3 is 1.71 bits per heavy atom. The molecule has 0 spiro atoms. The topological polar surface area (TPSA) is 66.7 Å². The van der Waals surface area contributed by atoms with Gasteiger partial charge in [0.05, 0.1) is 4.47 Å². The van der Waals surface area contributed by atoms with Gasteiger partial charge in [-0.3, -0.25) is 0 Å². The molecule has 34 heavy (non-hydrogen) atoms. The molecule has 0 aliphatic carbocycles. The van der Waals surface area contributed by atoms with Crippen LogP contribution in [0.15, 0.2) is 86.1 Å². The van der Waals surface area contributed by atoms with Crippen molar-refractivity contribution in [3.05, 3.63) is 87.3 Å².